The maximum absolute atomic E-state index is 12.1. The zero-order chi connectivity index (χ0) is 21.0. The number of carbonyl (C=O) groups is 1. The number of likely N-dealkylation sites (N-methyl/N-ethyl adjacent to an activating group) is 1. The fourth-order valence-electron chi connectivity index (χ4n) is 3.18. The van der Waals surface area contributed by atoms with Crippen molar-refractivity contribution in [2.24, 2.45) is 0 Å². The Morgan fingerprint density at radius 1 is 1.24 bits per heavy atom. The zero-order valence-corrected chi connectivity index (χ0v) is 17.8. The average Bonchev–Trinajstić information content (AvgIpc) is 2.73. The van der Waals surface area contributed by atoms with E-state index in [0.717, 1.165) is 29.1 Å². The molecule has 1 amide bonds. The van der Waals surface area contributed by atoms with E-state index in [-0.39, 0.29) is 12.0 Å². The number of aromatic nitrogens is 2. The number of anilines is 1. The maximum Gasteiger partial charge on any atom is 0.236 e. The number of amides is 1. The summed E-state index contributed by atoms with van der Waals surface area (Å²) in [6.07, 6.45) is 1.60. The van der Waals surface area contributed by atoms with Crippen LogP contribution in [-0.2, 0) is 9.53 Å². The Balaban J connectivity index is 1.92. The number of morpholine rings is 1. The normalized spacial score (nSPS) is 17.1. The van der Waals surface area contributed by atoms with Crippen LogP contribution in [0.2, 0.25) is 0 Å². The summed E-state index contributed by atoms with van der Waals surface area (Å²) < 4.78 is 11.3. The Labute approximate surface area is 172 Å². The second kappa shape index (κ2) is 9.19. The van der Waals surface area contributed by atoms with Crippen LogP contribution in [-0.4, -0.2) is 87.2 Å². The summed E-state index contributed by atoms with van der Waals surface area (Å²) in [4.78, 5) is 27.0. The molecule has 0 radical (unpaired) electrons. The van der Waals surface area contributed by atoms with Crippen LogP contribution in [0.3, 0.4) is 0 Å². The van der Waals surface area contributed by atoms with E-state index in [0.29, 0.717) is 25.6 Å². The Hall–Kier alpha value is -2.71. The number of benzene rings is 1. The lowest BCUT2D eigenvalue weighted by Crippen LogP contribution is -2.44. The van der Waals surface area contributed by atoms with Gasteiger partial charge in [0.05, 0.1) is 26.0 Å². The first kappa shape index (κ1) is 21.0. The summed E-state index contributed by atoms with van der Waals surface area (Å²) in [5, 5.41) is 0. The first-order chi connectivity index (χ1) is 13.9. The standard InChI is InChI=1S/C21H29N5O3/c1-24(2)19(27)14-26-10-11-29-18(13-26)20-17(12-22-21(23-20)25(3)4)15-6-8-16(28-5)9-7-15/h6-9,12,18H,10-11,13-14H2,1-5H3/t18-/m0/s1. The molecule has 1 fully saturated rings. The molecule has 1 aliphatic heterocycles. The second-order valence-electron chi connectivity index (χ2n) is 7.47. The van der Waals surface area contributed by atoms with Gasteiger partial charge < -0.3 is 19.3 Å². The number of carbonyl (C=O) groups excluding carboxylic acids is 1. The van der Waals surface area contributed by atoms with E-state index in [9.17, 15) is 4.79 Å². The third-order valence-electron chi connectivity index (χ3n) is 4.92. The Bertz CT molecular complexity index is 839. The first-order valence-electron chi connectivity index (χ1n) is 9.62. The Morgan fingerprint density at radius 3 is 2.59 bits per heavy atom. The van der Waals surface area contributed by atoms with Crippen LogP contribution in [0.5, 0.6) is 5.75 Å². The van der Waals surface area contributed by atoms with E-state index in [1.165, 1.54) is 0 Å². The summed E-state index contributed by atoms with van der Waals surface area (Å²) in [6, 6.07) is 7.82. The number of nitrogens with zero attached hydrogens (tertiary/aromatic N) is 5. The van der Waals surface area contributed by atoms with Gasteiger partial charge in [-0.25, -0.2) is 9.97 Å². The smallest absolute Gasteiger partial charge is 0.236 e. The topological polar surface area (TPSA) is 71.0 Å². The number of ether oxygens (including phenoxy) is 2. The third-order valence-corrected chi connectivity index (χ3v) is 4.92. The Kier molecular flexibility index (Phi) is 6.66. The van der Waals surface area contributed by atoms with Crippen LogP contribution in [0.4, 0.5) is 5.95 Å². The predicted molar refractivity (Wildman–Crippen MR) is 112 cm³/mol. The molecular formula is C21H29N5O3. The molecule has 156 valence electrons. The van der Waals surface area contributed by atoms with E-state index >= 15 is 0 Å². The summed E-state index contributed by atoms with van der Waals surface area (Å²) in [6.45, 7) is 2.25. The molecule has 0 N–H and O–H groups in total. The van der Waals surface area contributed by atoms with E-state index in [1.807, 2.05) is 49.5 Å². The monoisotopic (exact) mass is 399 g/mol. The van der Waals surface area contributed by atoms with Crippen molar-refractivity contribution in [1.82, 2.24) is 19.8 Å². The van der Waals surface area contributed by atoms with Crippen LogP contribution in [0.25, 0.3) is 11.1 Å². The molecule has 0 unspecified atom stereocenters. The number of hydrogen-bond donors (Lipinski definition) is 0. The first-order valence-corrected chi connectivity index (χ1v) is 9.62. The molecule has 2 heterocycles. The highest BCUT2D eigenvalue weighted by molar-refractivity contribution is 5.77. The lowest BCUT2D eigenvalue weighted by molar-refractivity contribution is -0.132. The van der Waals surface area contributed by atoms with E-state index in [2.05, 4.69) is 9.88 Å². The molecule has 0 saturated carbocycles. The van der Waals surface area contributed by atoms with Gasteiger partial charge in [0.2, 0.25) is 11.9 Å². The molecule has 8 nitrogen and oxygen atoms in total. The van der Waals surface area contributed by atoms with Gasteiger partial charge in [0, 0.05) is 53.0 Å². The zero-order valence-electron chi connectivity index (χ0n) is 17.8. The second-order valence-corrected chi connectivity index (χ2v) is 7.47. The van der Waals surface area contributed by atoms with E-state index in [1.54, 1.807) is 26.1 Å². The van der Waals surface area contributed by atoms with Crippen molar-refractivity contribution >= 4 is 11.9 Å². The summed E-state index contributed by atoms with van der Waals surface area (Å²) in [7, 11) is 9.02. The van der Waals surface area contributed by atoms with Crippen molar-refractivity contribution in [2.45, 2.75) is 6.10 Å². The van der Waals surface area contributed by atoms with Gasteiger partial charge in [0.15, 0.2) is 0 Å². The highest BCUT2D eigenvalue weighted by atomic mass is 16.5. The molecule has 8 heteroatoms. The molecular weight excluding hydrogens is 370 g/mol. The number of rotatable bonds is 6. The highest BCUT2D eigenvalue weighted by Gasteiger charge is 2.28. The predicted octanol–water partition coefficient (Wildman–Crippen LogP) is 1.68. The minimum Gasteiger partial charge on any atom is -0.497 e. The molecule has 3 rings (SSSR count). The van der Waals surface area contributed by atoms with Gasteiger partial charge >= 0.3 is 0 Å². The van der Waals surface area contributed by atoms with E-state index < -0.39 is 0 Å². The molecule has 1 aromatic carbocycles. The van der Waals surface area contributed by atoms with Crippen LogP contribution in [0.1, 0.15) is 11.8 Å². The minimum absolute atomic E-state index is 0.0812. The van der Waals surface area contributed by atoms with Crippen LogP contribution in [0.15, 0.2) is 30.5 Å². The van der Waals surface area contributed by atoms with Gasteiger partial charge in [-0.05, 0) is 17.7 Å². The van der Waals surface area contributed by atoms with Crippen molar-refractivity contribution in [3.8, 4) is 16.9 Å². The molecule has 1 aliphatic rings. The van der Waals surface area contributed by atoms with Crippen molar-refractivity contribution in [2.75, 3.05) is 66.4 Å². The quantitative estimate of drug-likeness (QED) is 0.732. The molecule has 0 spiro atoms. The fraction of sp³-hybridized carbons (Fsp3) is 0.476. The largest absolute Gasteiger partial charge is 0.497 e. The number of methoxy groups -OCH3 is 1. The van der Waals surface area contributed by atoms with Crippen molar-refractivity contribution in [1.29, 1.82) is 0 Å². The average molecular weight is 399 g/mol. The van der Waals surface area contributed by atoms with Gasteiger partial charge in [-0.1, -0.05) is 12.1 Å². The fourth-order valence-corrected chi connectivity index (χ4v) is 3.18. The SMILES string of the molecule is COc1ccc(-c2cnc(N(C)C)nc2[C@@H]2CN(CC(=O)N(C)C)CCO2)cc1. The molecule has 1 aromatic heterocycles. The summed E-state index contributed by atoms with van der Waals surface area (Å²) >= 11 is 0. The van der Waals surface area contributed by atoms with Crippen molar-refractivity contribution in [3.63, 3.8) is 0 Å². The lowest BCUT2D eigenvalue weighted by Gasteiger charge is -2.33. The van der Waals surface area contributed by atoms with Gasteiger partial charge in [-0.15, -0.1) is 0 Å². The van der Waals surface area contributed by atoms with Crippen molar-refractivity contribution in [3.05, 3.63) is 36.2 Å². The summed E-state index contributed by atoms with van der Waals surface area (Å²) in [5.74, 6) is 1.50. The van der Waals surface area contributed by atoms with Crippen LogP contribution in [0, 0.1) is 0 Å². The van der Waals surface area contributed by atoms with Crippen LogP contribution >= 0.6 is 0 Å². The summed E-state index contributed by atoms with van der Waals surface area (Å²) in [5.41, 5.74) is 2.75. The lowest BCUT2D eigenvalue weighted by atomic mass is 10.0. The molecule has 0 bridgehead atoms. The molecule has 2 aromatic rings. The van der Waals surface area contributed by atoms with Gasteiger partial charge in [-0.2, -0.15) is 0 Å². The van der Waals surface area contributed by atoms with Crippen LogP contribution < -0.4 is 9.64 Å². The number of hydrogen-bond acceptors (Lipinski definition) is 7. The molecule has 0 aliphatic carbocycles. The maximum atomic E-state index is 12.1. The van der Waals surface area contributed by atoms with Crippen molar-refractivity contribution < 1.29 is 14.3 Å². The molecule has 1 saturated heterocycles. The minimum atomic E-state index is -0.238. The third kappa shape index (κ3) is 5.02. The Morgan fingerprint density at radius 2 is 1.97 bits per heavy atom. The molecule has 1 atom stereocenters. The van der Waals surface area contributed by atoms with Gasteiger partial charge in [0.1, 0.15) is 11.9 Å². The van der Waals surface area contributed by atoms with Gasteiger partial charge in [0.25, 0.3) is 0 Å². The molecule has 29 heavy (non-hydrogen) atoms. The van der Waals surface area contributed by atoms with Gasteiger partial charge in [-0.3, -0.25) is 9.69 Å². The highest BCUT2D eigenvalue weighted by Crippen LogP contribution is 2.32. The van der Waals surface area contributed by atoms with E-state index in [4.69, 9.17) is 14.5 Å².